The van der Waals surface area contributed by atoms with Crippen LogP contribution >= 0.6 is 0 Å². The van der Waals surface area contributed by atoms with Crippen molar-refractivity contribution < 1.29 is 0 Å². The Morgan fingerprint density at radius 2 is 1.31 bits per heavy atom. The van der Waals surface area contributed by atoms with Crippen LogP contribution in [0, 0.1) is 0 Å². The predicted molar refractivity (Wildman–Crippen MR) is 140 cm³/mol. The minimum Gasteiger partial charge on any atom is -0.0679 e. The lowest BCUT2D eigenvalue weighted by Crippen LogP contribution is -2.41. The average molecular weight is 437 g/mol. The van der Waals surface area contributed by atoms with E-state index >= 15 is 0 Å². The van der Waals surface area contributed by atoms with Gasteiger partial charge >= 0.3 is 0 Å². The zero-order valence-corrected chi connectivity index (χ0v) is 21.0. The van der Waals surface area contributed by atoms with E-state index in [0.29, 0.717) is 5.54 Å². The van der Waals surface area contributed by atoms with Crippen molar-refractivity contribution in [2.24, 2.45) is 0 Å². The first-order chi connectivity index (χ1) is 15.6. The molecule has 0 heterocycles. The van der Waals surface area contributed by atoms with Gasteiger partial charge in [-0.1, -0.05) is 84.4 Å². The van der Waals surface area contributed by atoms with E-state index in [1.807, 2.05) is 22.3 Å². The number of hydrogen-bond donors (Lipinski definition) is 0. The van der Waals surface area contributed by atoms with Gasteiger partial charge in [0.15, 0.2) is 0 Å². The van der Waals surface area contributed by atoms with Gasteiger partial charge in [0.2, 0.25) is 0 Å². The predicted octanol–water partition coefficient (Wildman–Crippen LogP) is 9.23. The second-order valence-corrected chi connectivity index (χ2v) is 16.0. The van der Waals surface area contributed by atoms with Crippen molar-refractivity contribution in [3.63, 3.8) is 0 Å². The molecule has 4 aliphatic rings. The molecule has 4 aliphatic carbocycles. The van der Waals surface area contributed by atoms with Crippen LogP contribution < -0.4 is 0 Å². The van der Waals surface area contributed by atoms with E-state index in [4.69, 9.17) is 0 Å². The van der Waals surface area contributed by atoms with Gasteiger partial charge in [-0.05, 0) is 97.2 Å². The summed E-state index contributed by atoms with van der Waals surface area (Å²) in [6.45, 7) is 7.89. The second-order valence-electron chi connectivity index (χ2n) is 11.2. The summed E-state index contributed by atoms with van der Waals surface area (Å²) in [7, 11) is -1.68. The molecule has 1 heteroatoms. The molecule has 0 N–H and O–H groups in total. The molecule has 164 valence electrons. The van der Waals surface area contributed by atoms with Gasteiger partial charge in [-0.2, -0.15) is 0 Å². The third kappa shape index (κ3) is 3.00. The molecule has 32 heavy (non-hydrogen) atoms. The molecule has 0 fully saturated rings. The Bertz CT molecular complexity index is 1130. The molecule has 2 aromatic carbocycles. The first-order valence-electron chi connectivity index (χ1n) is 12.9. The minimum absolute atomic E-state index is 0.635. The largest absolute Gasteiger partial charge is 0.0718 e. The van der Waals surface area contributed by atoms with Gasteiger partial charge < -0.3 is 0 Å². The Hall–Kier alpha value is -2.12. The summed E-state index contributed by atoms with van der Waals surface area (Å²) in [5.74, 6) is 0. The summed E-state index contributed by atoms with van der Waals surface area (Å²) in [4.78, 5) is 0. The third-order valence-corrected chi connectivity index (χ3v) is 13.4. The summed E-state index contributed by atoms with van der Waals surface area (Å²) in [5.41, 5.74) is 16.4. The number of allylic oxidation sites excluding steroid dienone is 5. The van der Waals surface area contributed by atoms with Crippen LogP contribution in [0.2, 0.25) is 18.6 Å². The van der Waals surface area contributed by atoms with E-state index < -0.39 is 8.07 Å². The van der Waals surface area contributed by atoms with Crippen molar-refractivity contribution in [3.8, 4) is 11.1 Å². The Morgan fingerprint density at radius 1 is 0.688 bits per heavy atom. The number of fused-ring (bicyclic) bond motifs is 2. The Labute approximate surface area is 195 Å². The zero-order chi connectivity index (χ0) is 21.9. The molecule has 0 bridgehead atoms. The molecule has 1 unspecified atom stereocenters. The van der Waals surface area contributed by atoms with Gasteiger partial charge in [0.05, 0.1) is 8.07 Å². The molecule has 0 nitrogen and oxygen atoms in total. The zero-order valence-electron chi connectivity index (χ0n) is 20.0. The minimum atomic E-state index is -1.68. The van der Waals surface area contributed by atoms with Crippen LogP contribution in [-0.4, -0.2) is 8.07 Å². The third-order valence-electron chi connectivity index (χ3n) is 8.93. The summed E-state index contributed by atoms with van der Waals surface area (Å²) >= 11 is 0. The fourth-order valence-electron chi connectivity index (χ4n) is 7.87. The summed E-state index contributed by atoms with van der Waals surface area (Å²) in [6, 6.07) is 18.1. The molecule has 1 atom stereocenters. The number of rotatable bonds is 3. The fourth-order valence-corrected chi connectivity index (χ4v) is 12.9. The highest BCUT2D eigenvalue weighted by molar-refractivity contribution is 6.82. The van der Waals surface area contributed by atoms with Gasteiger partial charge in [-0.15, -0.1) is 0 Å². The fraction of sp³-hybridized carbons (Fsp3) is 0.419. The first kappa shape index (κ1) is 20.5. The maximum atomic E-state index is 2.73. The standard InChI is InChI=1S/C31H36Si/c1-21-20-29-23(22-12-5-4-6-13-22)18-11-19-28(29)30(21)32(2,3)31-26-16-9-7-14-24(26)25-15-8-10-17-27(25)31/h4-6,11-13,18-20,30-31H,7-10,14-17H2,1-3H3. The van der Waals surface area contributed by atoms with Crippen molar-refractivity contribution in [1.82, 2.24) is 0 Å². The Kier molecular flexibility index (Phi) is 4.95. The summed E-state index contributed by atoms with van der Waals surface area (Å²) in [5, 5.41) is 0. The normalized spacial score (nSPS) is 23.2. The van der Waals surface area contributed by atoms with Crippen LogP contribution in [0.3, 0.4) is 0 Å². The van der Waals surface area contributed by atoms with Crippen molar-refractivity contribution in [2.75, 3.05) is 0 Å². The molecule has 0 saturated carbocycles. The first-order valence-corrected chi connectivity index (χ1v) is 16.0. The lowest BCUT2D eigenvalue weighted by molar-refractivity contribution is 0.664. The smallest absolute Gasteiger partial charge is 0.0679 e. The van der Waals surface area contributed by atoms with Crippen LogP contribution in [0.1, 0.15) is 75.0 Å². The van der Waals surface area contributed by atoms with Crippen LogP contribution in [0.5, 0.6) is 0 Å². The summed E-state index contributed by atoms with van der Waals surface area (Å²) in [6.07, 6.45) is 13.7. The van der Waals surface area contributed by atoms with E-state index in [-0.39, 0.29) is 0 Å². The van der Waals surface area contributed by atoms with Crippen LogP contribution in [0.4, 0.5) is 0 Å². The van der Waals surface area contributed by atoms with Crippen LogP contribution in [-0.2, 0) is 0 Å². The van der Waals surface area contributed by atoms with Gasteiger partial charge in [-0.25, -0.2) is 0 Å². The van der Waals surface area contributed by atoms with Gasteiger partial charge in [0.25, 0.3) is 0 Å². The topological polar surface area (TPSA) is 0 Å². The molecule has 0 spiro atoms. The number of hydrogen-bond acceptors (Lipinski definition) is 0. The van der Waals surface area contributed by atoms with Crippen molar-refractivity contribution in [3.05, 3.63) is 87.5 Å². The average Bonchev–Trinajstić information content (AvgIpc) is 3.34. The second kappa shape index (κ2) is 7.73. The molecular formula is C31H36Si. The Balaban J connectivity index is 1.47. The van der Waals surface area contributed by atoms with E-state index in [9.17, 15) is 0 Å². The van der Waals surface area contributed by atoms with E-state index in [0.717, 1.165) is 5.54 Å². The number of benzene rings is 2. The molecule has 2 aromatic rings. The summed E-state index contributed by atoms with van der Waals surface area (Å²) < 4.78 is 0. The van der Waals surface area contributed by atoms with Crippen molar-refractivity contribution in [2.45, 2.75) is 82.5 Å². The molecule has 0 aromatic heterocycles. The molecule has 0 amide bonds. The highest BCUT2D eigenvalue weighted by Crippen LogP contribution is 2.60. The molecule has 6 rings (SSSR count). The van der Waals surface area contributed by atoms with Gasteiger partial charge in [0, 0.05) is 5.54 Å². The quantitative estimate of drug-likeness (QED) is 0.421. The highest BCUT2D eigenvalue weighted by Gasteiger charge is 2.50. The SMILES string of the molecule is CC1=Cc2c(-c3ccccc3)cccc2C1[Si](C)(C)C1C2=C(CCCC2)C2=C1CCCC2. The van der Waals surface area contributed by atoms with E-state index in [2.05, 4.69) is 74.6 Å². The maximum absolute atomic E-state index is 2.73. The molecular weight excluding hydrogens is 400 g/mol. The van der Waals surface area contributed by atoms with E-state index in [1.54, 1.807) is 11.1 Å². The lowest BCUT2D eigenvalue weighted by Gasteiger charge is -2.41. The maximum Gasteiger partial charge on any atom is 0.0718 e. The molecule has 0 aliphatic heterocycles. The lowest BCUT2D eigenvalue weighted by atomic mass is 9.87. The monoisotopic (exact) mass is 436 g/mol. The van der Waals surface area contributed by atoms with Gasteiger partial charge in [-0.3, -0.25) is 0 Å². The van der Waals surface area contributed by atoms with Crippen LogP contribution in [0.25, 0.3) is 17.2 Å². The van der Waals surface area contributed by atoms with E-state index in [1.165, 1.54) is 68.1 Å². The van der Waals surface area contributed by atoms with Crippen molar-refractivity contribution in [1.29, 1.82) is 0 Å². The van der Waals surface area contributed by atoms with Gasteiger partial charge in [0.1, 0.15) is 0 Å². The Morgan fingerprint density at radius 3 is 1.97 bits per heavy atom. The molecule has 0 radical (unpaired) electrons. The van der Waals surface area contributed by atoms with Crippen LogP contribution in [0.15, 0.2) is 76.4 Å². The molecule has 0 saturated heterocycles. The highest BCUT2D eigenvalue weighted by atomic mass is 28.3. The van der Waals surface area contributed by atoms with Crippen molar-refractivity contribution >= 4 is 14.1 Å².